The monoisotopic (exact) mass is 954 g/mol. The van der Waals surface area contributed by atoms with E-state index in [0.29, 0.717) is 0 Å². The molecule has 0 spiro atoms. The maximum absolute atomic E-state index is 2.71. The van der Waals surface area contributed by atoms with E-state index in [9.17, 15) is 0 Å². The summed E-state index contributed by atoms with van der Waals surface area (Å²) >= 11 is 0. The second kappa shape index (κ2) is 16.6. The van der Waals surface area contributed by atoms with Crippen LogP contribution in [0.3, 0.4) is 0 Å². The Balaban J connectivity index is 1.24. The van der Waals surface area contributed by atoms with Crippen molar-refractivity contribution in [1.29, 1.82) is 0 Å². The molecule has 4 aliphatic rings. The van der Waals surface area contributed by atoms with Gasteiger partial charge < -0.3 is 14.7 Å². The van der Waals surface area contributed by atoms with Crippen molar-refractivity contribution in [2.45, 2.75) is 136 Å². The fraction of sp³-hybridized carbons (Fsp3) is 0.304. The molecule has 0 radical (unpaired) electrons. The van der Waals surface area contributed by atoms with Crippen molar-refractivity contribution in [1.82, 2.24) is 0 Å². The fourth-order valence-corrected chi connectivity index (χ4v) is 13.2. The summed E-state index contributed by atoms with van der Waals surface area (Å²) in [7, 11) is 0. The van der Waals surface area contributed by atoms with Gasteiger partial charge in [-0.1, -0.05) is 173 Å². The summed E-state index contributed by atoms with van der Waals surface area (Å²) in [6.07, 6.45) is 4.65. The molecule has 2 aliphatic heterocycles. The number of aryl methyl sites for hydroxylation is 1. The molecule has 3 nitrogen and oxygen atoms in total. The van der Waals surface area contributed by atoms with E-state index in [4.69, 9.17) is 0 Å². The van der Waals surface area contributed by atoms with Crippen LogP contribution in [0.15, 0.2) is 170 Å². The number of benzene rings is 8. The van der Waals surface area contributed by atoms with Gasteiger partial charge in [-0.15, -0.1) is 0 Å². The molecular formula is C69H72BN3. The molecule has 0 unspecified atom stereocenters. The smallest absolute Gasteiger partial charge is 0.252 e. The molecule has 0 amide bonds. The van der Waals surface area contributed by atoms with Gasteiger partial charge in [-0.05, 0) is 193 Å². The standard InChI is InChI=1S/C69H72BN3/c1-45-38-47(46-22-16-13-17-23-46)28-32-59(45)73-60-33-29-48(65(2,3)4)39-57(60)70-58-43-55-56(69(11,12)37-36-68(55,9)10)44-61(58)72(51-30-31-53-54(40-51)67(7,8)35-34-66(53,5)6)62-41-52(42-63(73)64(62)70)71(49-24-18-14-19-25-49)50-26-20-15-21-27-50/h13-33,38-44H,34-37H2,1-12H3. The molecule has 0 N–H and O–H groups in total. The van der Waals surface area contributed by atoms with E-state index in [-0.39, 0.29) is 33.8 Å². The predicted molar refractivity (Wildman–Crippen MR) is 315 cm³/mol. The molecule has 4 heteroatoms. The first-order valence-corrected chi connectivity index (χ1v) is 27.0. The zero-order valence-corrected chi connectivity index (χ0v) is 45.4. The van der Waals surface area contributed by atoms with Gasteiger partial charge in [0.05, 0.1) is 5.69 Å². The Labute approximate surface area is 437 Å². The van der Waals surface area contributed by atoms with Crippen LogP contribution in [0.5, 0.6) is 0 Å². The van der Waals surface area contributed by atoms with Crippen LogP contribution in [0.25, 0.3) is 11.1 Å². The number of hydrogen-bond donors (Lipinski definition) is 0. The normalized spacial score (nSPS) is 17.5. The SMILES string of the molecule is Cc1cc(-c2ccccc2)ccc1N1c2ccc(C(C)(C)C)cc2B2c3cc4c(cc3N(c3ccc5c(c3)C(C)(C)CCC5(C)C)c3cc(N(c5ccccc5)c5ccccc5)cc1c32)C(C)(C)CCC4(C)C. The number of anilines is 9. The second-order valence-corrected chi connectivity index (χ2v) is 25.6. The highest BCUT2D eigenvalue weighted by molar-refractivity contribution is 7.00. The maximum atomic E-state index is 2.71. The Kier molecular flexibility index (Phi) is 10.8. The van der Waals surface area contributed by atoms with Crippen molar-refractivity contribution < 1.29 is 0 Å². The van der Waals surface area contributed by atoms with Gasteiger partial charge in [-0.25, -0.2) is 0 Å². The minimum Gasteiger partial charge on any atom is -0.311 e. The summed E-state index contributed by atoms with van der Waals surface area (Å²) in [4.78, 5) is 7.81. The lowest BCUT2D eigenvalue weighted by atomic mass is 9.33. The molecule has 0 atom stereocenters. The highest BCUT2D eigenvalue weighted by Gasteiger charge is 2.48. The summed E-state index contributed by atoms with van der Waals surface area (Å²) in [5.74, 6) is 0. The summed E-state index contributed by atoms with van der Waals surface area (Å²) < 4.78 is 0. The first-order valence-electron chi connectivity index (χ1n) is 27.0. The summed E-state index contributed by atoms with van der Waals surface area (Å²) in [5, 5.41) is 0. The number of nitrogens with zero attached hydrogens (tertiary/aromatic N) is 3. The summed E-state index contributed by atoms with van der Waals surface area (Å²) in [6.45, 7) is 29.2. The van der Waals surface area contributed by atoms with Crippen molar-refractivity contribution in [3.05, 3.63) is 203 Å². The van der Waals surface area contributed by atoms with Gasteiger partial charge in [0, 0.05) is 45.5 Å². The van der Waals surface area contributed by atoms with Crippen LogP contribution in [0.2, 0.25) is 0 Å². The molecular weight excluding hydrogens is 882 g/mol. The molecule has 0 fully saturated rings. The second-order valence-electron chi connectivity index (χ2n) is 25.6. The van der Waals surface area contributed by atoms with Crippen LogP contribution in [0.1, 0.15) is 135 Å². The van der Waals surface area contributed by atoms with Crippen LogP contribution in [-0.4, -0.2) is 6.71 Å². The van der Waals surface area contributed by atoms with Gasteiger partial charge in [-0.3, -0.25) is 0 Å². The Morgan fingerprint density at radius 3 is 1.49 bits per heavy atom. The molecule has 12 rings (SSSR count). The molecule has 0 aromatic heterocycles. The number of rotatable bonds is 6. The van der Waals surface area contributed by atoms with Gasteiger partial charge >= 0.3 is 0 Å². The number of fused-ring (bicyclic) bond motifs is 6. The number of para-hydroxylation sites is 2. The van der Waals surface area contributed by atoms with Crippen molar-refractivity contribution >= 4 is 74.3 Å². The molecule has 8 aromatic carbocycles. The van der Waals surface area contributed by atoms with E-state index in [2.05, 4.69) is 268 Å². The van der Waals surface area contributed by atoms with Crippen LogP contribution >= 0.6 is 0 Å². The third-order valence-corrected chi connectivity index (χ3v) is 17.8. The van der Waals surface area contributed by atoms with E-state index in [1.165, 1.54) is 101 Å². The highest BCUT2D eigenvalue weighted by Crippen LogP contribution is 2.54. The fourth-order valence-electron chi connectivity index (χ4n) is 13.2. The van der Waals surface area contributed by atoms with Crippen molar-refractivity contribution in [3.8, 4) is 11.1 Å². The topological polar surface area (TPSA) is 9.72 Å². The zero-order valence-electron chi connectivity index (χ0n) is 45.4. The maximum Gasteiger partial charge on any atom is 0.252 e. The van der Waals surface area contributed by atoms with Crippen molar-refractivity contribution in [2.75, 3.05) is 14.7 Å². The van der Waals surface area contributed by atoms with Crippen LogP contribution in [0, 0.1) is 6.92 Å². The molecule has 366 valence electrons. The van der Waals surface area contributed by atoms with Crippen molar-refractivity contribution in [3.63, 3.8) is 0 Å². The largest absolute Gasteiger partial charge is 0.311 e. The lowest BCUT2D eigenvalue weighted by Crippen LogP contribution is -2.62. The van der Waals surface area contributed by atoms with E-state index < -0.39 is 0 Å². The Morgan fingerprint density at radius 1 is 0.411 bits per heavy atom. The first kappa shape index (κ1) is 47.2. The van der Waals surface area contributed by atoms with E-state index in [0.717, 1.165) is 36.3 Å². The minimum atomic E-state index is -0.0545. The van der Waals surface area contributed by atoms with Gasteiger partial charge in [0.2, 0.25) is 0 Å². The van der Waals surface area contributed by atoms with Gasteiger partial charge in [-0.2, -0.15) is 0 Å². The predicted octanol–water partition coefficient (Wildman–Crippen LogP) is 17.2. The minimum absolute atomic E-state index is 0.0161. The van der Waals surface area contributed by atoms with E-state index in [1.807, 2.05) is 0 Å². The van der Waals surface area contributed by atoms with Crippen LogP contribution < -0.4 is 31.1 Å². The highest BCUT2D eigenvalue weighted by atomic mass is 15.2. The lowest BCUT2D eigenvalue weighted by Gasteiger charge is -2.48. The average Bonchev–Trinajstić information content (AvgIpc) is 3.37. The lowest BCUT2D eigenvalue weighted by molar-refractivity contribution is 0.332. The molecule has 0 bridgehead atoms. The summed E-state index contributed by atoms with van der Waals surface area (Å²) in [6, 6.07) is 65.3. The summed E-state index contributed by atoms with van der Waals surface area (Å²) in [5.41, 5.74) is 26.0. The van der Waals surface area contributed by atoms with E-state index in [1.54, 1.807) is 0 Å². The third-order valence-electron chi connectivity index (χ3n) is 17.8. The van der Waals surface area contributed by atoms with Crippen molar-refractivity contribution in [2.24, 2.45) is 0 Å². The molecule has 2 heterocycles. The van der Waals surface area contributed by atoms with Crippen LogP contribution in [-0.2, 0) is 27.1 Å². The number of hydrogen-bond acceptors (Lipinski definition) is 3. The molecule has 73 heavy (non-hydrogen) atoms. The quantitative estimate of drug-likeness (QED) is 0.154. The zero-order chi connectivity index (χ0) is 51.0. The Bertz CT molecular complexity index is 3430. The Morgan fingerprint density at radius 2 is 0.918 bits per heavy atom. The van der Waals surface area contributed by atoms with Crippen LogP contribution in [0.4, 0.5) is 51.2 Å². The molecule has 8 aromatic rings. The Hall–Kier alpha value is -6.78. The van der Waals surface area contributed by atoms with Gasteiger partial charge in [0.1, 0.15) is 0 Å². The molecule has 2 aliphatic carbocycles. The van der Waals surface area contributed by atoms with Gasteiger partial charge in [0.15, 0.2) is 0 Å². The van der Waals surface area contributed by atoms with E-state index >= 15 is 0 Å². The van der Waals surface area contributed by atoms with Gasteiger partial charge in [0.25, 0.3) is 6.71 Å². The molecule has 0 saturated heterocycles. The first-order chi connectivity index (χ1) is 34.7. The molecule has 0 saturated carbocycles. The average molecular weight is 954 g/mol. The third kappa shape index (κ3) is 7.68.